The van der Waals surface area contributed by atoms with E-state index in [2.05, 4.69) is 0 Å². The molecule has 2 nitrogen and oxygen atoms in total. The molecule has 0 fully saturated rings. The topological polar surface area (TPSA) is 35.2 Å². The fourth-order valence-corrected chi connectivity index (χ4v) is 2.16. The normalized spacial score (nSPS) is 12.2. The van der Waals surface area contributed by atoms with Crippen LogP contribution in [0.15, 0.2) is 36.4 Å². The molecule has 0 radical (unpaired) electrons. The van der Waals surface area contributed by atoms with E-state index in [1.54, 1.807) is 24.3 Å². The number of nitrogens with two attached hydrogens (primary N) is 1. The lowest BCUT2D eigenvalue weighted by molar-refractivity contribution is 0.306. The first-order valence-corrected chi connectivity index (χ1v) is 6.85. The lowest BCUT2D eigenvalue weighted by Crippen LogP contribution is -2.05. The minimum Gasteiger partial charge on any atom is -0.487 e. The van der Waals surface area contributed by atoms with Crippen LogP contribution in [0.25, 0.3) is 0 Å². The minimum absolute atomic E-state index is 0.0656. The van der Waals surface area contributed by atoms with Gasteiger partial charge >= 0.3 is 0 Å². The number of rotatable bonds is 4. The molecule has 0 saturated carbocycles. The molecule has 0 aromatic heterocycles. The third-order valence-corrected chi connectivity index (χ3v) is 3.62. The molecule has 5 heteroatoms. The van der Waals surface area contributed by atoms with E-state index in [1.807, 2.05) is 13.0 Å². The molecular weight excluding hydrogens is 300 g/mol. The van der Waals surface area contributed by atoms with E-state index in [-0.39, 0.29) is 17.7 Å². The molecular formula is C15H14Cl2FNO. The van der Waals surface area contributed by atoms with E-state index >= 15 is 0 Å². The van der Waals surface area contributed by atoms with Crippen molar-refractivity contribution < 1.29 is 9.13 Å². The van der Waals surface area contributed by atoms with Crippen molar-refractivity contribution in [1.29, 1.82) is 0 Å². The highest BCUT2D eigenvalue weighted by Crippen LogP contribution is 2.29. The van der Waals surface area contributed by atoms with Crippen LogP contribution in [0.1, 0.15) is 24.1 Å². The fraction of sp³-hybridized carbons (Fsp3) is 0.200. The second kappa shape index (κ2) is 6.44. The molecule has 2 aromatic carbocycles. The molecule has 0 spiro atoms. The van der Waals surface area contributed by atoms with E-state index in [0.717, 1.165) is 5.56 Å². The van der Waals surface area contributed by atoms with Gasteiger partial charge in [-0.15, -0.1) is 0 Å². The Balaban J connectivity index is 2.13. The maximum absolute atomic E-state index is 13.3. The zero-order valence-electron chi connectivity index (χ0n) is 10.9. The first kappa shape index (κ1) is 15.1. The van der Waals surface area contributed by atoms with Gasteiger partial charge in [0.1, 0.15) is 18.2 Å². The SMILES string of the molecule is C[C@H](N)c1ccc(OCc2cccc(F)c2Cl)c(Cl)c1. The maximum Gasteiger partial charge on any atom is 0.142 e. The van der Waals surface area contributed by atoms with Crippen molar-refractivity contribution in [2.75, 3.05) is 0 Å². The van der Waals surface area contributed by atoms with Crippen molar-refractivity contribution in [2.45, 2.75) is 19.6 Å². The summed E-state index contributed by atoms with van der Waals surface area (Å²) in [5, 5.41) is 0.531. The average molecular weight is 314 g/mol. The third kappa shape index (κ3) is 3.42. The summed E-state index contributed by atoms with van der Waals surface area (Å²) < 4.78 is 18.9. The van der Waals surface area contributed by atoms with Gasteiger partial charge in [0.25, 0.3) is 0 Å². The Hall–Kier alpha value is -1.29. The molecule has 2 aromatic rings. The van der Waals surface area contributed by atoms with Crippen LogP contribution in [0.2, 0.25) is 10.0 Å². The largest absolute Gasteiger partial charge is 0.487 e. The van der Waals surface area contributed by atoms with Gasteiger partial charge in [-0.2, -0.15) is 0 Å². The van der Waals surface area contributed by atoms with Crippen molar-refractivity contribution in [3.8, 4) is 5.75 Å². The average Bonchev–Trinajstić information content (AvgIpc) is 2.41. The highest BCUT2D eigenvalue weighted by molar-refractivity contribution is 6.32. The molecule has 0 heterocycles. The Morgan fingerprint density at radius 1 is 1.25 bits per heavy atom. The molecule has 0 aliphatic rings. The molecule has 0 bridgehead atoms. The number of hydrogen-bond acceptors (Lipinski definition) is 2. The summed E-state index contributed by atoms with van der Waals surface area (Å²) in [6, 6.07) is 9.84. The Morgan fingerprint density at radius 3 is 2.65 bits per heavy atom. The van der Waals surface area contributed by atoms with Crippen LogP contribution < -0.4 is 10.5 Å². The lowest BCUT2D eigenvalue weighted by Gasteiger charge is -2.12. The molecule has 2 N–H and O–H groups in total. The van der Waals surface area contributed by atoms with Gasteiger partial charge in [0, 0.05) is 11.6 Å². The molecule has 106 valence electrons. The molecule has 0 aliphatic heterocycles. The van der Waals surface area contributed by atoms with Crippen LogP contribution in [-0.2, 0) is 6.61 Å². The Kier molecular flexibility index (Phi) is 4.86. The van der Waals surface area contributed by atoms with E-state index in [0.29, 0.717) is 16.3 Å². The Bertz CT molecular complexity index is 617. The number of halogens is 3. The second-order valence-electron chi connectivity index (χ2n) is 4.48. The summed E-state index contributed by atoms with van der Waals surface area (Å²) >= 11 is 12.0. The summed E-state index contributed by atoms with van der Waals surface area (Å²) in [7, 11) is 0. The number of hydrogen-bond donors (Lipinski definition) is 1. The summed E-state index contributed by atoms with van der Waals surface area (Å²) in [6.45, 7) is 2.02. The van der Waals surface area contributed by atoms with Gasteiger partial charge in [0.15, 0.2) is 0 Å². The number of benzene rings is 2. The Labute approximate surface area is 127 Å². The number of ether oxygens (including phenoxy) is 1. The first-order valence-electron chi connectivity index (χ1n) is 6.09. The van der Waals surface area contributed by atoms with Crippen LogP contribution in [0.4, 0.5) is 4.39 Å². The van der Waals surface area contributed by atoms with Crippen molar-refractivity contribution >= 4 is 23.2 Å². The highest BCUT2D eigenvalue weighted by atomic mass is 35.5. The molecule has 0 aliphatic carbocycles. The quantitative estimate of drug-likeness (QED) is 0.885. The van der Waals surface area contributed by atoms with Crippen LogP contribution >= 0.6 is 23.2 Å². The highest BCUT2D eigenvalue weighted by Gasteiger charge is 2.09. The van der Waals surface area contributed by atoms with E-state index in [4.69, 9.17) is 33.7 Å². The third-order valence-electron chi connectivity index (χ3n) is 2.90. The van der Waals surface area contributed by atoms with Crippen molar-refractivity contribution in [3.63, 3.8) is 0 Å². The molecule has 0 amide bonds. The monoisotopic (exact) mass is 313 g/mol. The molecule has 2 rings (SSSR count). The van der Waals surface area contributed by atoms with E-state index in [9.17, 15) is 4.39 Å². The van der Waals surface area contributed by atoms with Crippen LogP contribution in [0.3, 0.4) is 0 Å². The van der Waals surface area contributed by atoms with E-state index in [1.165, 1.54) is 6.07 Å². The zero-order valence-corrected chi connectivity index (χ0v) is 12.4. The Morgan fingerprint density at radius 2 is 2.00 bits per heavy atom. The summed E-state index contributed by atoms with van der Waals surface area (Å²) in [6.07, 6.45) is 0. The second-order valence-corrected chi connectivity index (χ2v) is 5.27. The standard InChI is InChI=1S/C15H14Cl2FNO/c1-9(19)10-5-6-14(12(16)7-10)20-8-11-3-2-4-13(18)15(11)17/h2-7,9H,8,19H2,1H3/t9-/m0/s1. The van der Waals surface area contributed by atoms with Crippen molar-refractivity contribution in [3.05, 3.63) is 63.4 Å². The zero-order chi connectivity index (χ0) is 14.7. The van der Waals surface area contributed by atoms with Crippen LogP contribution in [0.5, 0.6) is 5.75 Å². The van der Waals surface area contributed by atoms with Crippen molar-refractivity contribution in [1.82, 2.24) is 0 Å². The van der Waals surface area contributed by atoms with Gasteiger partial charge in [0.05, 0.1) is 10.0 Å². The van der Waals surface area contributed by atoms with Crippen LogP contribution in [-0.4, -0.2) is 0 Å². The molecule has 0 saturated heterocycles. The lowest BCUT2D eigenvalue weighted by atomic mass is 10.1. The smallest absolute Gasteiger partial charge is 0.142 e. The maximum atomic E-state index is 13.3. The van der Waals surface area contributed by atoms with Gasteiger partial charge in [-0.05, 0) is 30.7 Å². The van der Waals surface area contributed by atoms with Gasteiger partial charge in [-0.25, -0.2) is 4.39 Å². The predicted octanol–water partition coefficient (Wildman–Crippen LogP) is 4.73. The van der Waals surface area contributed by atoms with Gasteiger partial charge in [-0.1, -0.05) is 41.4 Å². The van der Waals surface area contributed by atoms with Gasteiger partial charge in [-0.3, -0.25) is 0 Å². The molecule has 20 heavy (non-hydrogen) atoms. The minimum atomic E-state index is -0.467. The summed E-state index contributed by atoms with van der Waals surface area (Å²) in [4.78, 5) is 0. The van der Waals surface area contributed by atoms with Gasteiger partial charge < -0.3 is 10.5 Å². The summed E-state index contributed by atoms with van der Waals surface area (Å²) in [5.74, 6) is 0.0440. The molecule has 1 atom stereocenters. The fourth-order valence-electron chi connectivity index (χ4n) is 1.73. The van der Waals surface area contributed by atoms with Crippen molar-refractivity contribution in [2.24, 2.45) is 5.73 Å². The van der Waals surface area contributed by atoms with Gasteiger partial charge in [0.2, 0.25) is 0 Å². The first-order chi connectivity index (χ1) is 9.49. The predicted molar refractivity (Wildman–Crippen MR) is 79.8 cm³/mol. The molecule has 0 unspecified atom stereocenters. The van der Waals surface area contributed by atoms with E-state index < -0.39 is 5.82 Å². The van der Waals surface area contributed by atoms with Crippen LogP contribution in [0, 0.1) is 5.82 Å². The summed E-state index contributed by atoms with van der Waals surface area (Å²) in [5.41, 5.74) is 7.27.